The number of benzene rings is 1. The number of rotatable bonds is 10. The summed E-state index contributed by atoms with van der Waals surface area (Å²) in [4.78, 5) is 50.4. The Morgan fingerprint density at radius 2 is 1.14 bits per heavy atom. The molecule has 206 valence electrons. The Balaban J connectivity index is 0. The summed E-state index contributed by atoms with van der Waals surface area (Å²) < 4.78 is 0. The Hall–Kier alpha value is 0.220. The van der Waals surface area contributed by atoms with Crippen molar-refractivity contribution in [1.82, 2.24) is 0 Å². The van der Waals surface area contributed by atoms with Crippen molar-refractivity contribution in [1.29, 1.82) is 0 Å². The number of hydrogen-bond acceptors (Lipinski definition) is 12. The van der Waals surface area contributed by atoms with Crippen LogP contribution in [0.5, 0.6) is 0 Å². The van der Waals surface area contributed by atoms with Crippen molar-refractivity contribution in [2.45, 2.75) is 12.8 Å². The molecular weight excluding hydrogens is 685 g/mol. The summed E-state index contributed by atoms with van der Waals surface area (Å²) in [5.41, 5.74) is 3.11. The van der Waals surface area contributed by atoms with Crippen molar-refractivity contribution in [3.8, 4) is 40.4 Å². The van der Waals surface area contributed by atoms with Crippen LogP contribution in [-0.2, 0) is 27.2 Å². The molecular formula is C28H16Na4O8S4-2. The zero-order chi connectivity index (χ0) is 26.8. The van der Waals surface area contributed by atoms with Crippen LogP contribution >= 0.6 is 45.3 Å². The van der Waals surface area contributed by atoms with E-state index in [2.05, 4.69) is 0 Å². The fourth-order valence-corrected chi connectivity index (χ4v) is 8.14. The van der Waals surface area contributed by atoms with Crippen LogP contribution in [0.1, 0.15) is 25.7 Å². The molecule has 0 saturated carbocycles. The van der Waals surface area contributed by atoms with Crippen molar-refractivity contribution >= 4 is 69.9 Å². The molecule has 0 spiro atoms. The molecule has 5 rings (SSSR count). The minimum absolute atomic E-state index is 0. The van der Waals surface area contributed by atoms with Crippen LogP contribution in [0, 0.1) is 0 Å². The summed E-state index contributed by atoms with van der Waals surface area (Å²) in [6.45, 7) is 0. The van der Waals surface area contributed by atoms with Crippen molar-refractivity contribution in [2.24, 2.45) is 0 Å². The van der Waals surface area contributed by atoms with Crippen LogP contribution in [0.4, 0.5) is 0 Å². The molecule has 0 bridgehead atoms. The Morgan fingerprint density at radius 3 is 1.59 bits per heavy atom. The van der Waals surface area contributed by atoms with Crippen molar-refractivity contribution in [3.05, 3.63) is 81.5 Å². The number of aliphatic carboxylic acids is 1. The van der Waals surface area contributed by atoms with Gasteiger partial charge in [0.15, 0.2) is 0 Å². The molecule has 8 nitrogen and oxygen atoms in total. The quantitative estimate of drug-likeness (QED) is 0.102. The second-order valence-electron chi connectivity index (χ2n) is 8.09. The molecule has 4 aromatic heterocycles. The smallest absolute Gasteiger partial charge is 0.870 e. The normalized spacial score (nSPS) is 9.45. The summed E-state index contributed by atoms with van der Waals surface area (Å²) in [6, 6.07) is 18.0. The van der Waals surface area contributed by atoms with Gasteiger partial charge in [-0.1, -0.05) is 29.8 Å². The van der Waals surface area contributed by atoms with E-state index < -0.39 is 11.9 Å². The number of thiophene rings is 4. The Labute approximate surface area is 357 Å². The number of carbonyl (C=O) groups is 2. The van der Waals surface area contributed by atoms with E-state index in [4.69, 9.17) is 0 Å². The van der Waals surface area contributed by atoms with E-state index in [1.807, 2.05) is 49.0 Å². The maximum absolute atomic E-state index is 11.4. The van der Waals surface area contributed by atoms with E-state index in [1.54, 1.807) is 18.2 Å². The molecule has 0 fully saturated rings. The van der Waals surface area contributed by atoms with E-state index in [0.717, 1.165) is 52.4 Å². The second kappa shape index (κ2) is 21.2. The molecule has 0 radical (unpaired) electrons. The number of carboxylic acids is 2. The van der Waals surface area contributed by atoms with E-state index in [1.165, 1.54) is 40.1 Å². The molecule has 2 N–H and O–H groups in total. The van der Waals surface area contributed by atoms with Crippen molar-refractivity contribution in [2.75, 3.05) is 0 Å². The molecule has 0 unspecified atom stereocenters. The van der Waals surface area contributed by atoms with Gasteiger partial charge in [-0.2, -0.15) is 17.4 Å². The zero-order valence-electron chi connectivity index (χ0n) is 24.2. The molecule has 0 saturated heterocycles. The summed E-state index contributed by atoms with van der Waals surface area (Å²) in [5.74, 6) is -2.47. The predicted molar refractivity (Wildman–Crippen MR) is 151 cm³/mol. The van der Waals surface area contributed by atoms with Gasteiger partial charge in [-0.25, -0.2) is 0 Å². The van der Waals surface area contributed by atoms with Gasteiger partial charge in [-0.15, -0.1) is 51.4 Å². The fourth-order valence-electron chi connectivity index (χ4n) is 3.96. The first-order chi connectivity index (χ1) is 18.4. The van der Waals surface area contributed by atoms with Crippen LogP contribution in [0.3, 0.4) is 0 Å². The molecule has 4 heterocycles. The van der Waals surface area contributed by atoms with E-state index in [-0.39, 0.29) is 147 Å². The molecule has 0 aliphatic heterocycles. The third kappa shape index (κ3) is 10.9. The maximum atomic E-state index is 11.4. The zero-order valence-corrected chi connectivity index (χ0v) is 35.4. The van der Waals surface area contributed by atoms with Gasteiger partial charge in [0.05, 0.1) is 10.8 Å². The van der Waals surface area contributed by atoms with Gasteiger partial charge in [0.25, 0.3) is 0 Å². The minimum Gasteiger partial charge on any atom is -0.870 e. The van der Waals surface area contributed by atoms with Crippen LogP contribution in [0.25, 0.3) is 40.4 Å². The summed E-state index contributed by atoms with van der Waals surface area (Å²) in [6.07, 6.45) is 3.71. The predicted octanol–water partition coefficient (Wildman–Crippen LogP) is -7.97. The molecule has 16 heteroatoms. The SMILES string of the molecule is O=[C-]Cc1cc(-c2ccc([C-]=O)s2)sc1-c1ccc(-c2sc(-c3ccc(C(=O)[O-])s3)cc2CC(=O)[O-])cc1.[Na+].[Na+].[Na+].[Na+].[OH-].[OH-]. The number of hydrogen-bond donors (Lipinski definition) is 0. The fraction of sp³-hybridized carbons (Fsp3) is 0.0714. The van der Waals surface area contributed by atoms with Crippen molar-refractivity contribution < 1.29 is 159 Å². The number of carboxylic acid groups (broad SMARTS) is 2. The molecule has 0 aliphatic carbocycles. The summed E-state index contributed by atoms with van der Waals surface area (Å²) in [5, 5.41) is 22.6. The first-order valence-corrected chi connectivity index (χ1v) is 14.3. The second-order valence-corrected chi connectivity index (χ2v) is 12.4. The largest absolute Gasteiger partial charge is 1.00 e. The molecule has 5 aromatic rings. The summed E-state index contributed by atoms with van der Waals surface area (Å²) >= 11 is 5.30. The maximum Gasteiger partial charge on any atom is 1.00 e. The van der Waals surface area contributed by atoms with Gasteiger partial charge in [-0.05, 0) is 41.0 Å². The average Bonchev–Trinajstić information content (AvgIpc) is 3.69. The van der Waals surface area contributed by atoms with Crippen LogP contribution < -0.4 is 128 Å². The average molecular weight is 701 g/mol. The van der Waals surface area contributed by atoms with E-state index >= 15 is 0 Å². The third-order valence-electron chi connectivity index (χ3n) is 5.62. The van der Waals surface area contributed by atoms with Gasteiger partial charge in [0.1, 0.15) is 0 Å². The Kier molecular flexibility index (Phi) is 22.4. The summed E-state index contributed by atoms with van der Waals surface area (Å²) in [7, 11) is 0. The first-order valence-electron chi connectivity index (χ1n) is 11.1. The monoisotopic (exact) mass is 700 g/mol. The molecule has 44 heavy (non-hydrogen) atoms. The molecule has 0 aliphatic rings. The molecule has 0 amide bonds. The van der Waals surface area contributed by atoms with Gasteiger partial charge >= 0.3 is 118 Å². The number of aromatic carboxylic acids is 1. The molecule has 1 aromatic carbocycles. The number of carbonyl (C=O) groups excluding carboxylic acids is 4. The van der Waals surface area contributed by atoms with Crippen LogP contribution in [-0.4, -0.2) is 35.5 Å². The minimum atomic E-state index is -1.26. The van der Waals surface area contributed by atoms with E-state index in [0.29, 0.717) is 15.3 Å². The Morgan fingerprint density at radius 1 is 0.636 bits per heavy atom. The van der Waals surface area contributed by atoms with E-state index in [9.17, 15) is 29.4 Å². The standard InChI is InChI=1S/C28H16O6S4.4Na.2H2O/c29-10-9-17-11-23(20-6-5-19(14-30)35-20)37-26(17)15-1-3-16(4-2-15)27-18(13-25(31)32)12-24(38-27)21-7-8-22(36-21)28(33)34;;;;;;/h1-8,11-12H,9,13H2,(H,31,32)(H,33,34);;;;;2*1H2/q-2;4*+1;;/p-4. The van der Waals surface area contributed by atoms with Gasteiger partial charge < -0.3 is 40.3 Å². The van der Waals surface area contributed by atoms with Gasteiger partial charge in [0.2, 0.25) is 0 Å². The van der Waals surface area contributed by atoms with Crippen molar-refractivity contribution in [3.63, 3.8) is 0 Å². The molecule has 0 atom stereocenters. The van der Waals surface area contributed by atoms with Gasteiger partial charge in [0, 0.05) is 47.9 Å². The van der Waals surface area contributed by atoms with Crippen LogP contribution in [0.15, 0.2) is 60.7 Å². The van der Waals surface area contributed by atoms with Gasteiger partial charge in [-0.3, -0.25) is 6.29 Å². The third-order valence-corrected chi connectivity index (χ3v) is 10.5. The van der Waals surface area contributed by atoms with Crippen LogP contribution in [0.2, 0.25) is 0 Å². The Bertz CT molecular complexity index is 1690. The topological polar surface area (TPSA) is 174 Å². The first kappa shape index (κ1) is 46.3.